The smallest absolute Gasteiger partial charge is 0.277 e. The predicted molar refractivity (Wildman–Crippen MR) is 107 cm³/mol. The van der Waals surface area contributed by atoms with Crippen LogP contribution in [0.5, 0.6) is 0 Å². The Kier molecular flexibility index (Phi) is 4.42. The number of H-pyrrole nitrogens is 1. The van der Waals surface area contributed by atoms with Crippen LogP contribution in [-0.2, 0) is 6.42 Å². The second-order valence-corrected chi connectivity index (χ2v) is 8.82. The van der Waals surface area contributed by atoms with Gasteiger partial charge >= 0.3 is 0 Å². The molecule has 0 radical (unpaired) electrons. The Morgan fingerprint density at radius 3 is 2.67 bits per heavy atom. The van der Waals surface area contributed by atoms with E-state index in [-0.39, 0.29) is 18.0 Å². The Labute approximate surface area is 163 Å². The standard InChI is InChI=1S/C20H25N5OS/c1-11(2)8-15-16-17(23-22-15)20(26)25(14-9-21-24(10-14)12(3)4)18(16)19-13(5)6-7-27-19/h6-7,9-12,18H,8H2,1-5H3,(H,22,23). The highest BCUT2D eigenvalue weighted by atomic mass is 32.1. The summed E-state index contributed by atoms with van der Waals surface area (Å²) in [4.78, 5) is 16.4. The molecule has 142 valence electrons. The van der Waals surface area contributed by atoms with E-state index in [4.69, 9.17) is 0 Å². The number of rotatable bonds is 5. The highest BCUT2D eigenvalue weighted by Crippen LogP contribution is 2.45. The number of amides is 1. The maximum Gasteiger partial charge on any atom is 0.277 e. The lowest BCUT2D eigenvalue weighted by atomic mass is 9.98. The number of hydrogen-bond acceptors (Lipinski definition) is 4. The minimum Gasteiger partial charge on any atom is -0.291 e. The first-order chi connectivity index (χ1) is 12.9. The van der Waals surface area contributed by atoms with Crippen molar-refractivity contribution in [1.82, 2.24) is 20.0 Å². The van der Waals surface area contributed by atoms with Crippen molar-refractivity contribution in [2.24, 2.45) is 5.92 Å². The predicted octanol–water partition coefficient (Wildman–Crippen LogP) is 4.51. The van der Waals surface area contributed by atoms with E-state index in [2.05, 4.69) is 61.4 Å². The highest BCUT2D eigenvalue weighted by Gasteiger charge is 2.44. The summed E-state index contributed by atoms with van der Waals surface area (Å²) in [5.74, 6) is 0.434. The van der Waals surface area contributed by atoms with Gasteiger partial charge in [-0.1, -0.05) is 13.8 Å². The van der Waals surface area contributed by atoms with Crippen LogP contribution in [0.1, 0.15) is 72.0 Å². The summed E-state index contributed by atoms with van der Waals surface area (Å²) in [5, 5.41) is 14.0. The molecule has 4 heterocycles. The van der Waals surface area contributed by atoms with Crippen molar-refractivity contribution in [3.63, 3.8) is 0 Å². The van der Waals surface area contributed by atoms with Gasteiger partial charge in [-0.05, 0) is 50.1 Å². The second kappa shape index (κ2) is 6.64. The van der Waals surface area contributed by atoms with Gasteiger partial charge in [-0.3, -0.25) is 19.5 Å². The number of aryl methyl sites for hydroxylation is 1. The lowest BCUT2D eigenvalue weighted by Gasteiger charge is -2.24. The first kappa shape index (κ1) is 18.0. The first-order valence-electron chi connectivity index (χ1n) is 9.37. The van der Waals surface area contributed by atoms with Crippen LogP contribution < -0.4 is 4.90 Å². The molecule has 27 heavy (non-hydrogen) atoms. The van der Waals surface area contributed by atoms with E-state index < -0.39 is 0 Å². The molecule has 1 unspecified atom stereocenters. The van der Waals surface area contributed by atoms with Crippen molar-refractivity contribution in [1.29, 1.82) is 0 Å². The van der Waals surface area contributed by atoms with Gasteiger partial charge in [0, 0.05) is 22.7 Å². The summed E-state index contributed by atoms with van der Waals surface area (Å²) in [7, 11) is 0. The van der Waals surface area contributed by atoms with E-state index >= 15 is 0 Å². The normalized spacial score (nSPS) is 16.8. The number of hydrogen-bond donors (Lipinski definition) is 1. The molecule has 1 amide bonds. The molecule has 1 N–H and O–H groups in total. The van der Waals surface area contributed by atoms with Gasteiger partial charge in [0.25, 0.3) is 5.91 Å². The van der Waals surface area contributed by atoms with Gasteiger partial charge in [0.2, 0.25) is 0 Å². The zero-order valence-corrected chi connectivity index (χ0v) is 17.2. The molecular formula is C20H25N5OS. The van der Waals surface area contributed by atoms with Crippen LogP contribution in [-0.4, -0.2) is 25.9 Å². The Morgan fingerprint density at radius 2 is 2.07 bits per heavy atom. The molecule has 0 bridgehead atoms. The molecule has 0 saturated carbocycles. The fourth-order valence-corrected chi connectivity index (χ4v) is 4.69. The molecule has 0 aliphatic carbocycles. The molecule has 0 aromatic carbocycles. The van der Waals surface area contributed by atoms with E-state index in [0.29, 0.717) is 11.6 Å². The minimum absolute atomic E-state index is 0.0337. The van der Waals surface area contributed by atoms with Gasteiger partial charge in [-0.2, -0.15) is 10.2 Å². The van der Waals surface area contributed by atoms with Crippen molar-refractivity contribution in [2.75, 3.05) is 4.90 Å². The largest absolute Gasteiger partial charge is 0.291 e. The molecule has 7 heteroatoms. The van der Waals surface area contributed by atoms with Gasteiger partial charge in [-0.15, -0.1) is 11.3 Å². The Morgan fingerprint density at radius 1 is 1.30 bits per heavy atom. The molecule has 0 fully saturated rings. The molecule has 1 atom stereocenters. The van der Waals surface area contributed by atoms with E-state index in [0.717, 1.165) is 23.4 Å². The van der Waals surface area contributed by atoms with Gasteiger partial charge in [-0.25, -0.2) is 0 Å². The van der Waals surface area contributed by atoms with Crippen molar-refractivity contribution in [3.05, 3.63) is 51.2 Å². The van der Waals surface area contributed by atoms with E-state index in [1.165, 1.54) is 10.4 Å². The summed E-state index contributed by atoms with van der Waals surface area (Å²) in [6.45, 7) is 10.6. The first-order valence-corrected chi connectivity index (χ1v) is 10.2. The molecule has 3 aromatic rings. The number of carbonyl (C=O) groups is 1. The quantitative estimate of drug-likeness (QED) is 0.705. The third-order valence-electron chi connectivity index (χ3n) is 4.99. The van der Waals surface area contributed by atoms with Crippen LogP contribution in [0.2, 0.25) is 0 Å². The Balaban J connectivity index is 1.86. The summed E-state index contributed by atoms with van der Waals surface area (Å²) in [6, 6.07) is 2.21. The van der Waals surface area contributed by atoms with Gasteiger partial charge in [0.05, 0.1) is 17.6 Å². The average Bonchev–Trinajstić information content (AvgIpc) is 3.34. The lowest BCUT2D eigenvalue weighted by Crippen LogP contribution is -2.29. The van der Waals surface area contributed by atoms with Crippen molar-refractivity contribution in [2.45, 2.75) is 53.1 Å². The van der Waals surface area contributed by atoms with Crippen LogP contribution in [0.15, 0.2) is 23.8 Å². The molecule has 3 aromatic heterocycles. The maximum atomic E-state index is 13.3. The number of aromatic nitrogens is 4. The molecule has 0 saturated heterocycles. The molecular weight excluding hydrogens is 358 g/mol. The third kappa shape index (κ3) is 2.90. The lowest BCUT2D eigenvalue weighted by molar-refractivity contribution is 0.0989. The van der Waals surface area contributed by atoms with Gasteiger partial charge in [0.1, 0.15) is 11.7 Å². The van der Waals surface area contributed by atoms with Gasteiger partial charge < -0.3 is 0 Å². The fraction of sp³-hybridized carbons (Fsp3) is 0.450. The van der Waals surface area contributed by atoms with Crippen LogP contribution in [0.3, 0.4) is 0 Å². The number of nitrogens with one attached hydrogen (secondary N) is 1. The number of aromatic amines is 1. The Bertz CT molecular complexity index is 980. The van der Waals surface area contributed by atoms with Crippen molar-refractivity contribution >= 4 is 22.9 Å². The van der Waals surface area contributed by atoms with Gasteiger partial charge in [0.15, 0.2) is 0 Å². The summed E-state index contributed by atoms with van der Waals surface area (Å²) >= 11 is 1.69. The van der Waals surface area contributed by atoms with Crippen LogP contribution in [0.4, 0.5) is 5.69 Å². The van der Waals surface area contributed by atoms with Crippen molar-refractivity contribution < 1.29 is 4.79 Å². The molecule has 4 rings (SSSR count). The zero-order chi connectivity index (χ0) is 19.3. The summed E-state index contributed by atoms with van der Waals surface area (Å²) in [6.07, 6.45) is 4.59. The number of nitrogens with zero attached hydrogens (tertiary/aromatic N) is 4. The molecule has 1 aliphatic rings. The van der Waals surface area contributed by atoms with Crippen LogP contribution >= 0.6 is 11.3 Å². The van der Waals surface area contributed by atoms with Crippen molar-refractivity contribution in [3.8, 4) is 0 Å². The van der Waals surface area contributed by atoms with E-state index in [1.807, 2.05) is 15.8 Å². The topological polar surface area (TPSA) is 66.8 Å². The third-order valence-corrected chi connectivity index (χ3v) is 6.07. The summed E-state index contributed by atoms with van der Waals surface area (Å²) in [5.41, 5.74) is 4.65. The maximum absolute atomic E-state index is 13.3. The monoisotopic (exact) mass is 383 g/mol. The second-order valence-electron chi connectivity index (χ2n) is 7.87. The molecule has 1 aliphatic heterocycles. The van der Waals surface area contributed by atoms with E-state index in [9.17, 15) is 4.79 Å². The number of thiophene rings is 1. The average molecular weight is 384 g/mol. The van der Waals surface area contributed by atoms with Crippen LogP contribution in [0.25, 0.3) is 0 Å². The molecule has 0 spiro atoms. The van der Waals surface area contributed by atoms with Crippen LogP contribution in [0, 0.1) is 12.8 Å². The number of fused-ring (bicyclic) bond motifs is 1. The minimum atomic E-state index is -0.148. The SMILES string of the molecule is Cc1ccsc1C1c2c(CC(C)C)n[nH]c2C(=O)N1c1cnn(C(C)C)c1. The fourth-order valence-electron chi connectivity index (χ4n) is 3.67. The van der Waals surface area contributed by atoms with E-state index in [1.54, 1.807) is 17.5 Å². The molecule has 6 nitrogen and oxygen atoms in total. The highest BCUT2D eigenvalue weighted by molar-refractivity contribution is 7.10. The number of carbonyl (C=O) groups excluding carboxylic acids is 1. The number of anilines is 1. The summed E-state index contributed by atoms with van der Waals surface area (Å²) < 4.78 is 1.89. The zero-order valence-electron chi connectivity index (χ0n) is 16.4. The Hall–Kier alpha value is -2.41.